The largest absolute Gasteiger partial charge is 0.504 e. The molecule has 6 heterocycles. The number of aromatic hydroxyl groups is 1. The number of phenolic OH excluding ortho intramolecular Hbond substituents is 1. The molecule has 5 fully saturated rings. The number of phenols is 1. The second-order valence-electron chi connectivity index (χ2n) is 26.0. The van der Waals surface area contributed by atoms with E-state index in [1.807, 2.05) is 12.1 Å². The van der Waals surface area contributed by atoms with Gasteiger partial charge in [-0.05, 0) is 93.5 Å². The number of rotatable bonds is 19. The number of fused-ring (bicyclic) bond motifs is 2. The summed E-state index contributed by atoms with van der Waals surface area (Å²) in [7, 11) is 0. The molecule has 5 aliphatic rings. The lowest BCUT2D eigenvalue weighted by Crippen LogP contribution is -2.64. The summed E-state index contributed by atoms with van der Waals surface area (Å²) in [5, 5.41) is 124. The van der Waals surface area contributed by atoms with Crippen LogP contribution in [0.25, 0.3) is 21.1 Å². The summed E-state index contributed by atoms with van der Waals surface area (Å²) >= 11 is -3.45. The lowest BCUT2D eigenvalue weighted by molar-refractivity contribution is -0.147. The highest BCUT2D eigenvalue weighted by Gasteiger charge is 2.50. The molecule has 0 bridgehead atoms. The third-order valence-corrected chi connectivity index (χ3v) is 20.1. The van der Waals surface area contributed by atoms with E-state index < -0.39 is 201 Å². The Balaban J connectivity index is 0.968. The summed E-state index contributed by atoms with van der Waals surface area (Å²) in [4.78, 5) is 114. The molecule has 9 rings (SSSR count). The first-order valence-electron chi connectivity index (χ1n) is 32.6. The van der Waals surface area contributed by atoms with E-state index in [-0.39, 0.29) is 24.2 Å². The SMILES string of the molecule is CC1CCC(N2CCN(c3ccc(-c4nnc(-c5ccc(C(=O)NC6C[C@@H](O)CNC(=O)[C@@H]7[C@@H](O)[C@@H](C)CN7C(=O)[C@H]([C@H](O)CCNC(CO)CO)NC(=O)[C@H]([C@H](O)Cc7ccc(O)c(OS(O)(O)O)c7)NC(=O)[C@@H]7C[C@@H](O)CN7C(=O)[C@H]([C@@H](C)O)NC6=O)cc5)s4)cn3)CC2)CC1. The van der Waals surface area contributed by atoms with E-state index in [9.17, 15) is 93.2 Å². The molecule has 1 saturated carbocycles. The molecule has 33 nitrogen and oxygen atoms in total. The van der Waals surface area contributed by atoms with Gasteiger partial charge in [-0.3, -0.25) is 52.1 Å². The minimum absolute atomic E-state index is 0.00188. The number of anilines is 1. The number of aliphatic hydroxyl groups is 8. The lowest BCUT2D eigenvalue weighted by Gasteiger charge is -2.42. The monoisotopic (exact) mass is 1410 g/mol. The van der Waals surface area contributed by atoms with Crippen LogP contribution >= 0.6 is 22.5 Å². The molecule has 2 aromatic carbocycles. The van der Waals surface area contributed by atoms with Gasteiger partial charge in [-0.2, -0.15) is 0 Å². The quantitative estimate of drug-likeness (QED) is 0.0460. The van der Waals surface area contributed by atoms with E-state index in [4.69, 9.17) is 4.98 Å². The van der Waals surface area contributed by atoms with Crippen LogP contribution in [0.5, 0.6) is 11.5 Å². The molecule has 4 saturated heterocycles. The third kappa shape index (κ3) is 18.7. The maximum atomic E-state index is 15.0. The van der Waals surface area contributed by atoms with Crippen LogP contribution in [0.2, 0.25) is 0 Å². The number of pyridine rings is 1. The molecular weight excluding hydrogens is 1320 g/mol. The maximum Gasteiger partial charge on any atom is 0.266 e. The highest BCUT2D eigenvalue weighted by molar-refractivity contribution is 8.15. The van der Waals surface area contributed by atoms with Crippen molar-refractivity contribution >= 4 is 69.7 Å². The highest BCUT2D eigenvalue weighted by atomic mass is 32.3. The van der Waals surface area contributed by atoms with Crippen molar-refractivity contribution in [2.75, 3.05) is 70.5 Å². The van der Waals surface area contributed by atoms with Crippen LogP contribution in [0, 0.1) is 11.8 Å². The van der Waals surface area contributed by atoms with Gasteiger partial charge in [0.25, 0.3) is 17.1 Å². The fourth-order valence-corrected chi connectivity index (χ4v) is 14.2. The number of aliphatic hydroxyl groups excluding tert-OH is 8. The van der Waals surface area contributed by atoms with Gasteiger partial charge < -0.3 is 96.7 Å². The van der Waals surface area contributed by atoms with Crippen LogP contribution in [0.3, 0.4) is 0 Å². The van der Waals surface area contributed by atoms with Crippen LogP contribution in [-0.2, 0) is 35.2 Å². The number of benzene rings is 2. The van der Waals surface area contributed by atoms with E-state index in [1.54, 1.807) is 18.3 Å². The van der Waals surface area contributed by atoms with E-state index in [0.29, 0.717) is 21.6 Å². The van der Waals surface area contributed by atoms with E-state index >= 15 is 0 Å². The van der Waals surface area contributed by atoms with Crippen LogP contribution in [0.1, 0.15) is 81.6 Å². The minimum atomic E-state index is -4.74. The van der Waals surface area contributed by atoms with E-state index in [0.717, 1.165) is 72.3 Å². The number of amides is 7. The number of carbonyl (C=O) groups excluding carboxylic acids is 7. The lowest BCUT2D eigenvalue weighted by atomic mass is 9.86. The van der Waals surface area contributed by atoms with Crippen molar-refractivity contribution < 1.29 is 97.4 Å². The van der Waals surface area contributed by atoms with Gasteiger partial charge in [-0.1, -0.05) is 43.4 Å². The molecule has 35 heteroatoms. The molecular formula is C63H89N13O20S2. The fourth-order valence-electron chi connectivity index (χ4n) is 13.0. The Morgan fingerprint density at radius 3 is 2.02 bits per heavy atom. The van der Waals surface area contributed by atoms with E-state index in [1.165, 1.54) is 62.1 Å². The van der Waals surface area contributed by atoms with E-state index in [2.05, 4.69) is 63.0 Å². The molecule has 18 N–H and O–H groups in total. The molecule has 7 amide bonds. The number of β-amino-alcohol motifs (C(OH)–C–C–N with tert-alkyl or cyclic N) is 1. The number of nitrogens with one attached hydrogen (secondary N) is 6. The predicted octanol–water partition coefficient (Wildman–Crippen LogP) is -2.53. The predicted molar refractivity (Wildman–Crippen MR) is 353 cm³/mol. The van der Waals surface area contributed by atoms with Crippen molar-refractivity contribution in [3.8, 4) is 32.6 Å². The summed E-state index contributed by atoms with van der Waals surface area (Å²) in [6.45, 7) is 5.58. The minimum Gasteiger partial charge on any atom is -0.504 e. The summed E-state index contributed by atoms with van der Waals surface area (Å²) in [5.74, 6) is -8.83. The zero-order valence-corrected chi connectivity index (χ0v) is 56.0. The molecule has 4 aliphatic heterocycles. The topological polar surface area (TPSA) is 495 Å². The standard InChI is InChI=1S/C63H89N13O20S2/c1-32-4-12-40(13-5-32)73-18-20-74(21-19-73)49-15-11-38(26-65-49)61-72-71-60(97-61)37-9-7-36(8-10-37)55(86)67-43-24-41(80)27-66-59(90)53-54(85)33(2)28-76(53)63(92)52(46(83)16-17-64-39(30-77)31-78)70-58(89)51(47(84)22-35-6-14-45(82)48(23-35)96-98(93,94)95)69-57(88)44-25-42(81)29-75(44)62(91)50(34(3)79)68-56(43)87/h6-11,14-15,23,26,32-34,39-44,46-47,50-54,64,77-85,93-95H,4-5,12-13,16-22,24-25,27-31H2,1-3H3,(H,66,90)(H,67,86)(H,68,87)(H,69,88)(H,70,89)/t32?,33-,34+,40?,41+,42+,43?,44-,46+,47+,50-,51-,52-,53-,54-/m0/s1. The van der Waals surface area contributed by atoms with Crippen molar-refractivity contribution in [1.82, 2.24) is 61.8 Å². The molecule has 98 heavy (non-hydrogen) atoms. The number of piperazine rings is 1. The number of aromatic nitrogens is 3. The molecule has 4 aromatic rings. The molecule has 1 aliphatic carbocycles. The summed E-state index contributed by atoms with van der Waals surface area (Å²) < 4.78 is 33.4. The Labute approximate surface area is 570 Å². The molecule has 2 aromatic heterocycles. The van der Waals surface area contributed by atoms with Crippen LogP contribution < -0.4 is 41.0 Å². The first-order chi connectivity index (χ1) is 46.6. The van der Waals surface area contributed by atoms with Gasteiger partial charge in [0, 0.05) is 99.9 Å². The Kier molecular flexibility index (Phi) is 25.4. The molecule has 538 valence electrons. The van der Waals surface area contributed by atoms with Gasteiger partial charge in [0.1, 0.15) is 52.1 Å². The van der Waals surface area contributed by atoms with Gasteiger partial charge in [0.15, 0.2) is 11.5 Å². The maximum absolute atomic E-state index is 15.0. The Morgan fingerprint density at radius 2 is 1.38 bits per heavy atom. The van der Waals surface area contributed by atoms with Gasteiger partial charge in [0.2, 0.25) is 35.4 Å². The van der Waals surface area contributed by atoms with Crippen molar-refractivity contribution in [2.45, 2.75) is 157 Å². The second-order valence-corrected chi connectivity index (χ2v) is 28.1. The van der Waals surface area contributed by atoms with Gasteiger partial charge in [-0.15, -0.1) is 10.2 Å². The summed E-state index contributed by atoms with van der Waals surface area (Å²) in [5.41, 5.74) is 1.27. The first kappa shape index (κ1) is 74.9. The van der Waals surface area contributed by atoms with Gasteiger partial charge in [0.05, 0.1) is 55.9 Å². The van der Waals surface area contributed by atoms with Crippen molar-refractivity contribution in [2.24, 2.45) is 11.8 Å². The van der Waals surface area contributed by atoms with Gasteiger partial charge in [-0.25, -0.2) is 4.98 Å². The molecule has 0 radical (unpaired) electrons. The second kappa shape index (κ2) is 33.2. The number of nitrogens with zero attached hydrogens (tertiary/aromatic N) is 7. The average molecular weight is 1410 g/mol. The number of hydrogen-bond donors (Lipinski definition) is 18. The Bertz CT molecular complexity index is 3410. The number of hydrogen-bond acceptors (Lipinski definition) is 27. The van der Waals surface area contributed by atoms with Crippen LogP contribution in [0.4, 0.5) is 5.82 Å². The fraction of sp³-hybridized carbons (Fsp3) is 0.587. The van der Waals surface area contributed by atoms with Crippen LogP contribution in [0.15, 0.2) is 60.8 Å². The number of carbonyl (C=O) groups is 7. The summed E-state index contributed by atoms with van der Waals surface area (Å²) in [6.07, 6.45) is -6.28. The van der Waals surface area contributed by atoms with Crippen molar-refractivity contribution in [3.05, 3.63) is 71.9 Å². The molecule has 0 spiro atoms. The molecule has 13 atom stereocenters. The zero-order chi connectivity index (χ0) is 70.9. The van der Waals surface area contributed by atoms with Crippen molar-refractivity contribution in [3.63, 3.8) is 0 Å². The normalized spacial score (nSPS) is 28.0. The first-order valence-corrected chi connectivity index (χ1v) is 34.9. The summed E-state index contributed by atoms with van der Waals surface area (Å²) in [6, 6.07) is 1.13. The Morgan fingerprint density at radius 1 is 0.735 bits per heavy atom. The highest BCUT2D eigenvalue weighted by Crippen LogP contribution is 2.41. The van der Waals surface area contributed by atoms with Crippen LogP contribution in [-0.4, -0.2) is 281 Å². The Hall–Kier alpha value is -7.33. The zero-order valence-electron chi connectivity index (χ0n) is 54.3. The van der Waals surface area contributed by atoms with Crippen molar-refractivity contribution in [1.29, 1.82) is 0 Å². The smallest absolute Gasteiger partial charge is 0.266 e. The average Bonchev–Trinajstić information content (AvgIpc) is 1.60. The molecule has 1 unspecified atom stereocenters. The third-order valence-electron chi connectivity index (χ3n) is 18.7. The van der Waals surface area contributed by atoms with Gasteiger partial charge >= 0.3 is 0 Å².